The highest BCUT2D eigenvalue weighted by atomic mass is 19.1. The first kappa shape index (κ1) is 15.5. The number of methoxy groups -OCH3 is 1. The van der Waals surface area contributed by atoms with Crippen molar-refractivity contribution >= 4 is 16.7 Å². The second kappa shape index (κ2) is 6.14. The number of anilines is 1. The molecule has 0 N–H and O–H groups in total. The van der Waals surface area contributed by atoms with Crippen LogP contribution in [0.1, 0.15) is 12.8 Å². The average molecular weight is 333 g/mol. The normalized spacial score (nSPS) is 24.5. The molecule has 0 amide bonds. The van der Waals surface area contributed by atoms with Gasteiger partial charge in [-0.05, 0) is 18.9 Å². The van der Waals surface area contributed by atoms with Crippen molar-refractivity contribution in [2.45, 2.75) is 18.4 Å². The summed E-state index contributed by atoms with van der Waals surface area (Å²) in [6, 6.07) is 3.05. The molecule has 6 nitrogen and oxygen atoms in total. The number of benzene rings is 1. The summed E-state index contributed by atoms with van der Waals surface area (Å²) in [5.41, 5.74) is 0.288. The van der Waals surface area contributed by atoms with Gasteiger partial charge in [0, 0.05) is 24.6 Å². The molecule has 2 fully saturated rings. The molecule has 24 heavy (non-hydrogen) atoms. The van der Waals surface area contributed by atoms with Crippen LogP contribution in [0.2, 0.25) is 0 Å². The van der Waals surface area contributed by atoms with Crippen molar-refractivity contribution in [1.29, 1.82) is 0 Å². The highest BCUT2D eigenvalue weighted by molar-refractivity contribution is 5.90. The van der Waals surface area contributed by atoms with E-state index in [9.17, 15) is 4.39 Å². The van der Waals surface area contributed by atoms with Gasteiger partial charge in [0.1, 0.15) is 17.7 Å². The Morgan fingerprint density at radius 3 is 3.00 bits per heavy atom. The smallest absolute Gasteiger partial charge is 0.167 e. The largest absolute Gasteiger partial charge is 0.494 e. The molecule has 4 rings (SSSR count). The van der Waals surface area contributed by atoms with E-state index in [1.54, 1.807) is 6.07 Å². The fourth-order valence-electron chi connectivity index (χ4n) is 3.54. The Morgan fingerprint density at radius 1 is 1.29 bits per heavy atom. The number of hydrogen-bond acceptors (Lipinski definition) is 6. The predicted octanol–water partition coefficient (Wildman–Crippen LogP) is 2.16. The van der Waals surface area contributed by atoms with E-state index in [4.69, 9.17) is 14.2 Å². The molecular formula is C17H20FN3O3. The first-order valence-electron chi connectivity index (χ1n) is 8.16. The van der Waals surface area contributed by atoms with Crippen LogP contribution in [0.3, 0.4) is 0 Å². The third-order valence-electron chi connectivity index (χ3n) is 4.72. The van der Waals surface area contributed by atoms with Crippen molar-refractivity contribution in [2.24, 2.45) is 0 Å². The quantitative estimate of drug-likeness (QED) is 0.839. The average Bonchev–Trinajstić information content (AvgIpc) is 2.61. The van der Waals surface area contributed by atoms with E-state index >= 15 is 0 Å². The summed E-state index contributed by atoms with van der Waals surface area (Å²) < 4.78 is 30.7. The van der Waals surface area contributed by atoms with E-state index in [-0.39, 0.29) is 11.4 Å². The van der Waals surface area contributed by atoms with Crippen molar-refractivity contribution in [3.05, 3.63) is 24.3 Å². The molecule has 2 saturated heterocycles. The van der Waals surface area contributed by atoms with Gasteiger partial charge in [0.15, 0.2) is 11.6 Å². The van der Waals surface area contributed by atoms with E-state index in [1.165, 1.54) is 19.5 Å². The third-order valence-corrected chi connectivity index (χ3v) is 4.72. The lowest BCUT2D eigenvalue weighted by molar-refractivity contribution is -0.133. The maximum Gasteiger partial charge on any atom is 0.167 e. The second-order valence-corrected chi connectivity index (χ2v) is 6.31. The van der Waals surface area contributed by atoms with Gasteiger partial charge in [-0.2, -0.15) is 0 Å². The number of aromatic nitrogens is 2. The van der Waals surface area contributed by atoms with Crippen LogP contribution in [0.25, 0.3) is 10.9 Å². The Balaban J connectivity index is 1.72. The maximum atomic E-state index is 13.9. The zero-order valence-corrected chi connectivity index (χ0v) is 13.6. The van der Waals surface area contributed by atoms with E-state index in [1.807, 2.05) is 0 Å². The van der Waals surface area contributed by atoms with Crippen LogP contribution < -0.4 is 9.64 Å². The lowest BCUT2D eigenvalue weighted by Gasteiger charge is -2.45. The van der Waals surface area contributed by atoms with Crippen LogP contribution in [0, 0.1) is 5.82 Å². The van der Waals surface area contributed by atoms with Crippen LogP contribution in [-0.2, 0) is 9.47 Å². The summed E-state index contributed by atoms with van der Waals surface area (Å²) in [6.45, 7) is 3.45. The maximum absolute atomic E-state index is 13.9. The van der Waals surface area contributed by atoms with E-state index in [0.29, 0.717) is 25.3 Å². The second-order valence-electron chi connectivity index (χ2n) is 6.31. The standard InChI is InChI=1S/C17H20FN3O3/c1-22-15-7-12-14(8-13(15)18)19-11-20-16(12)21-4-6-24-17(9-21)3-2-5-23-10-17/h7-8,11H,2-6,9-10H2,1H3. The van der Waals surface area contributed by atoms with Crippen LogP contribution in [-0.4, -0.2) is 55.6 Å². The fourth-order valence-corrected chi connectivity index (χ4v) is 3.54. The zero-order valence-electron chi connectivity index (χ0n) is 13.6. The first-order chi connectivity index (χ1) is 11.7. The number of rotatable bonds is 2. The molecule has 7 heteroatoms. The summed E-state index contributed by atoms with van der Waals surface area (Å²) >= 11 is 0. The zero-order chi connectivity index (χ0) is 16.6. The molecule has 128 valence electrons. The summed E-state index contributed by atoms with van der Waals surface area (Å²) in [7, 11) is 1.46. The van der Waals surface area contributed by atoms with Gasteiger partial charge in [0.2, 0.25) is 0 Å². The third kappa shape index (κ3) is 2.67. The highest BCUT2D eigenvalue weighted by Gasteiger charge is 2.39. The van der Waals surface area contributed by atoms with E-state index < -0.39 is 5.82 Å². The number of ether oxygens (including phenoxy) is 3. The Morgan fingerprint density at radius 2 is 2.21 bits per heavy atom. The molecule has 1 unspecified atom stereocenters. The van der Waals surface area contributed by atoms with E-state index in [0.717, 1.165) is 37.2 Å². The van der Waals surface area contributed by atoms with E-state index in [2.05, 4.69) is 14.9 Å². The molecule has 0 aliphatic carbocycles. The van der Waals surface area contributed by atoms with Crippen LogP contribution in [0.4, 0.5) is 10.2 Å². The van der Waals surface area contributed by atoms with Gasteiger partial charge in [-0.1, -0.05) is 0 Å². The lowest BCUT2D eigenvalue weighted by atomic mass is 9.94. The Bertz CT molecular complexity index is 744. The molecule has 2 aliphatic rings. The molecule has 0 bridgehead atoms. The number of halogens is 1. The molecule has 2 aliphatic heterocycles. The fraction of sp³-hybridized carbons (Fsp3) is 0.529. The van der Waals surface area contributed by atoms with Gasteiger partial charge < -0.3 is 19.1 Å². The predicted molar refractivity (Wildman–Crippen MR) is 87.0 cm³/mol. The summed E-state index contributed by atoms with van der Waals surface area (Å²) in [5.74, 6) is 0.558. The molecule has 0 radical (unpaired) electrons. The van der Waals surface area contributed by atoms with Gasteiger partial charge in [-0.15, -0.1) is 0 Å². The number of nitrogens with zero attached hydrogens (tertiary/aromatic N) is 3. The van der Waals surface area contributed by atoms with Crippen molar-refractivity contribution in [1.82, 2.24) is 9.97 Å². The summed E-state index contributed by atoms with van der Waals surface area (Å²) in [4.78, 5) is 10.8. The molecule has 0 saturated carbocycles. The van der Waals surface area contributed by atoms with Crippen molar-refractivity contribution < 1.29 is 18.6 Å². The number of fused-ring (bicyclic) bond motifs is 1. The Hall–Kier alpha value is -1.99. The Labute approximate surface area is 139 Å². The van der Waals surface area contributed by atoms with Crippen LogP contribution >= 0.6 is 0 Å². The molecule has 3 heterocycles. The molecule has 1 aromatic heterocycles. The molecule has 2 aromatic rings. The number of hydrogen-bond donors (Lipinski definition) is 0. The van der Waals surface area contributed by atoms with Crippen molar-refractivity contribution in [3.8, 4) is 5.75 Å². The molecule has 1 spiro atoms. The summed E-state index contributed by atoms with van der Waals surface area (Å²) in [6.07, 6.45) is 3.45. The van der Waals surface area contributed by atoms with Gasteiger partial charge in [-0.25, -0.2) is 14.4 Å². The minimum atomic E-state index is -0.422. The van der Waals surface area contributed by atoms with Gasteiger partial charge in [-0.3, -0.25) is 0 Å². The molecule has 1 atom stereocenters. The lowest BCUT2D eigenvalue weighted by Crippen LogP contribution is -2.56. The van der Waals surface area contributed by atoms with Crippen LogP contribution in [0.5, 0.6) is 5.75 Å². The SMILES string of the molecule is COc1cc2c(N3CCOC4(CCCOC4)C3)ncnc2cc1F. The van der Waals surface area contributed by atoms with Gasteiger partial charge >= 0.3 is 0 Å². The van der Waals surface area contributed by atoms with Gasteiger partial charge in [0.25, 0.3) is 0 Å². The number of morpholine rings is 1. The minimum absolute atomic E-state index is 0.197. The Kier molecular flexibility index (Phi) is 3.97. The van der Waals surface area contributed by atoms with Crippen LogP contribution in [0.15, 0.2) is 18.5 Å². The molecular weight excluding hydrogens is 313 g/mol. The first-order valence-corrected chi connectivity index (χ1v) is 8.16. The topological polar surface area (TPSA) is 56.7 Å². The summed E-state index contributed by atoms with van der Waals surface area (Å²) in [5, 5.41) is 0.782. The highest BCUT2D eigenvalue weighted by Crippen LogP contribution is 2.33. The van der Waals surface area contributed by atoms with Crippen molar-refractivity contribution in [3.63, 3.8) is 0 Å². The van der Waals surface area contributed by atoms with Crippen molar-refractivity contribution in [2.75, 3.05) is 44.9 Å². The monoisotopic (exact) mass is 333 g/mol. The minimum Gasteiger partial charge on any atom is -0.494 e. The van der Waals surface area contributed by atoms with Gasteiger partial charge in [0.05, 0.1) is 32.4 Å². The molecule has 1 aromatic carbocycles.